The average molecular weight is 285 g/mol. The molecule has 0 fully saturated rings. The monoisotopic (exact) mass is 285 g/mol. The zero-order chi connectivity index (χ0) is 15.2. The molecule has 0 spiro atoms. The normalized spacial score (nSPS) is 10.7. The first kappa shape index (κ1) is 15.4. The fourth-order valence-electron chi connectivity index (χ4n) is 2.57. The lowest BCUT2D eigenvalue weighted by molar-refractivity contribution is 0.786. The summed E-state index contributed by atoms with van der Waals surface area (Å²) in [5.74, 6) is 0.859. The van der Waals surface area contributed by atoms with Gasteiger partial charge in [0.15, 0.2) is 5.82 Å². The molecule has 0 aliphatic rings. The molecule has 5 heteroatoms. The minimum Gasteiger partial charge on any atom is -0.352 e. The van der Waals surface area contributed by atoms with Crippen LogP contribution in [0.5, 0.6) is 0 Å². The van der Waals surface area contributed by atoms with E-state index in [4.69, 9.17) is 5.73 Å². The number of hydrogen-bond donors (Lipinski definition) is 1. The maximum absolute atomic E-state index is 5.97. The van der Waals surface area contributed by atoms with Crippen LogP contribution in [0.2, 0.25) is 0 Å². The molecule has 0 unspecified atom stereocenters. The van der Waals surface area contributed by atoms with Gasteiger partial charge in [-0.05, 0) is 30.5 Å². The minimum atomic E-state index is 0.480. The average Bonchev–Trinajstić information content (AvgIpc) is 2.53. The third-order valence-corrected chi connectivity index (χ3v) is 3.63. The Balaban J connectivity index is 2.34. The molecule has 0 saturated heterocycles. The number of aromatic nitrogens is 3. The van der Waals surface area contributed by atoms with E-state index in [1.165, 1.54) is 5.56 Å². The Morgan fingerprint density at radius 1 is 1.10 bits per heavy atom. The van der Waals surface area contributed by atoms with Gasteiger partial charge in [-0.15, -0.1) is 5.10 Å². The van der Waals surface area contributed by atoms with Crippen molar-refractivity contribution < 1.29 is 0 Å². The van der Waals surface area contributed by atoms with Crippen LogP contribution >= 0.6 is 0 Å². The molecule has 0 aliphatic carbocycles. The molecule has 0 aliphatic heterocycles. The maximum Gasteiger partial charge on any atom is 0.156 e. The third kappa shape index (κ3) is 3.36. The molecule has 0 radical (unpaired) electrons. The summed E-state index contributed by atoms with van der Waals surface area (Å²) in [5, 5.41) is 8.76. The minimum absolute atomic E-state index is 0.480. The molecular weight excluding hydrogens is 262 g/mol. The Morgan fingerprint density at radius 3 is 2.48 bits per heavy atom. The first-order valence-electron chi connectivity index (χ1n) is 7.39. The lowest BCUT2D eigenvalue weighted by Gasteiger charge is -2.22. The van der Waals surface area contributed by atoms with Crippen LogP contribution in [0.3, 0.4) is 0 Å². The molecule has 2 rings (SSSR count). The van der Waals surface area contributed by atoms with Crippen molar-refractivity contribution in [2.24, 2.45) is 5.73 Å². The van der Waals surface area contributed by atoms with Crippen LogP contribution in [0, 0.1) is 0 Å². The van der Waals surface area contributed by atoms with E-state index in [1.807, 2.05) is 25.2 Å². The zero-order valence-electron chi connectivity index (χ0n) is 13.0. The van der Waals surface area contributed by atoms with Gasteiger partial charge in [-0.2, -0.15) is 5.10 Å². The number of rotatable bonds is 6. The second-order valence-electron chi connectivity index (χ2n) is 5.02. The highest BCUT2D eigenvalue weighted by molar-refractivity contribution is 5.51. The van der Waals surface area contributed by atoms with Gasteiger partial charge in [0.05, 0.1) is 17.9 Å². The van der Waals surface area contributed by atoms with Crippen LogP contribution in [0.15, 0.2) is 24.4 Å². The Labute approximate surface area is 126 Å². The highest BCUT2D eigenvalue weighted by atomic mass is 15.3. The zero-order valence-corrected chi connectivity index (χ0v) is 13.0. The summed E-state index contributed by atoms with van der Waals surface area (Å²) in [6.45, 7) is 5.41. The number of nitrogens with two attached hydrogens (primary N) is 1. The smallest absolute Gasteiger partial charge is 0.156 e. The second kappa shape index (κ2) is 7.13. The van der Waals surface area contributed by atoms with Crippen molar-refractivity contribution in [1.29, 1.82) is 0 Å². The summed E-state index contributed by atoms with van der Waals surface area (Å²) in [6.07, 6.45) is 3.61. The highest BCUT2D eigenvalue weighted by Gasteiger charge is 2.16. The van der Waals surface area contributed by atoms with Gasteiger partial charge < -0.3 is 10.6 Å². The molecule has 21 heavy (non-hydrogen) atoms. The standard InChI is InChI=1S/C16H23N5/c1-4-13-14(10-17)16(20-19-15(13)5-2)21(3)11-12-8-6-7-9-18-12/h6-9H,4-5,10-11,17H2,1-3H3. The largest absolute Gasteiger partial charge is 0.352 e. The summed E-state index contributed by atoms with van der Waals surface area (Å²) < 4.78 is 0. The molecule has 0 atom stereocenters. The number of hydrogen-bond acceptors (Lipinski definition) is 5. The van der Waals surface area contributed by atoms with Gasteiger partial charge in [0.25, 0.3) is 0 Å². The topological polar surface area (TPSA) is 67.9 Å². The van der Waals surface area contributed by atoms with Crippen LogP contribution in [-0.4, -0.2) is 22.2 Å². The Kier molecular flexibility index (Phi) is 5.22. The number of aryl methyl sites for hydroxylation is 1. The lowest BCUT2D eigenvalue weighted by atomic mass is 10.0. The lowest BCUT2D eigenvalue weighted by Crippen LogP contribution is -2.23. The summed E-state index contributed by atoms with van der Waals surface area (Å²) >= 11 is 0. The van der Waals surface area contributed by atoms with Gasteiger partial charge in [0.1, 0.15) is 0 Å². The molecule has 112 valence electrons. The third-order valence-electron chi connectivity index (χ3n) is 3.63. The molecule has 2 aromatic rings. The fourth-order valence-corrected chi connectivity index (χ4v) is 2.57. The molecule has 2 aromatic heterocycles. The first-order chi connectivity index (χ1) is 10.2. The molecular formula is C16H23N5. The Hall–Kier alpha value is -2.01. The van der Waals surface area contributed by atoms with Gasteiger partial charge in [0.2, 0.25) is 0 Å². The Morgan fingerprint density at radius 2 is 1.90 bits per heavy atom. The van der Waals surface area contributed by atoms with Crippen LogP contribution < -0.4 is 10.6 Å². The molecule has 2 heterocycles. The van der Waals surface area contributed by atoms with Crippen molar-refractivity contribution in [3.8, 4) is 0 Å². The number of nitrogens with zero attached hydrogens (tertiary/aromatic N) is 4. The van der Waals surface area contributed by atoms with Crippen molar-refractivity contribution in [2.45, 2.75) is 39.8 Å². The van der Waals surface area contributed by atoms with E-state index in [9.17, 15) is 0 Å². The predicted octanol–water partition coefficient (Wildman–Crippen LogP) is 2.09. The van der Waals surface area contributed by atoms with Crippen LogP contribution in [-0.2, 0) is 25.9 Å². The van der Waals surface area contributed by atoms with E-state index in [0.717, 1.165) is 35.6 Å². The van der Waals surface area contributed by atoms with Crippen LogP contribution in [0.25, 0.3) is 0 Å². The maximum atomic E-state index is 5.97. The van der Waals surface area contributed by atoms with Crippen molar-refractivity contribution in [2.75, 3.05) is 11.9 Å². The summed E-state index contributed by atoms with van der Waals surface area (Å²) in [6, 6.07) is 5.91. The Bertz CT molecular complexity index is 583. The van der Waals surface area contributed by atoms with Crippen LogP contribution in [0.4, 0.5) is 5.82 Å². The predicted molar refractivity (Wildman–Crippen MR) is 85.0 cm³/mol. The van der Waals surface area contributed by atoms with Crippen molar-refractivity contribution >= 4 is 5.82 Å². The molecule has 0 aromatic carbocycles. The molecule has 5 nitrogen and oxygen atoms in total. The van der Waals surface area contributed by atoms with Crippen molar-refractivity contribution in [3.05, 3.63) is 46.9 Å². The molecule has 2 N–H and O–H groups in total. The van der Waals surface area contributed by atoms with E-state index in [2.05, 4.69) is 33.9 Å². The van der Waals surface area contributed by atoms with E-state index in [0.29, 0.717) is 13.1 Å². The van der Waals surface area contributed by atoms with Crippen LogP contribution in [0.1, 0.15) is 36.4 Å². The highest BCUT2D eigenvalue weighted by Crippen LogP contribution is 2.23. The van der Waals surface area contributed by atoms with Gasteiger partial charge in [0, 0.05) is 25.4 Å². The summed E-state index contributed by atoms with van der Waals surface area (Å²) in [5.41, 5.74) is 10.4. The first-order valence-corrected chi connectivity index (χ1v) is 7.39. The van der Waals surface area contributed by atoms with Gasteiger partial charge in [-0.3, -0.25) is 4.98 Å². The summed E-state index contributed by atoms with van der Waals surface area (Å²) in [7, 11) is 2.00. The van der Waals surface area contributed by atoms with Gasteiger partial charge in [-0.25, -0.2) is 0 Å². The number of pyridine rings is 1. The quantitative estimate of drug-likeness (QED) is 0.880. The molecule has 0 amide bonds. The van der Waals surface area contributed by atoms with E-state index in [1.54, 1.807) is 6.20 Å². The summed E-state index contributed by atoms with van der Waals surface area (Å²) in [4.78, 5) is 6.42. The van der Waals surface area contributed by atoms with Gasteiger partial charge in [-0.1, -0.05) is 19.9 Å². The van der Waals surface area contributed by atoms with E-state index < -0.39 is 0 Å². The van der Waals surface area contributed by atoms with Crippen molar-refractivity contribution in [1.82, 2.24) is 15.2 Å². The number of anilines is 1. The molecule has 0 bridgehead atoms. The van der Waals surface area contributed by atoms with E-state index >= 15 is 0 Å². The van der Waals surface area contributed by atoms with Gasteiger partial charge >= 0.3 is 0 Å². The SMILES string of the molecule is CCc1nnc(N(C)Cc2ccccn2)c(CN)c1CC. The second-order valence-corrected chi connectivity index (χ2v) is 5.02. The van der Waals surface area contributed by atoms with E-state index in [-0.39, 0.29) is 0 Å². The van der Waals surface area contributed by atoms with Crippen molar-refractivity contribution in [3.63, 3.8) is 0 Å². The molecule has 0 saturated carbocycles. The fraction of sp³-hybridized carbons (Fsp3) is 0.438.